The van der Waals surface area contributed by atoms with Crippen LogP contribution in [0.15, 0.2) is 24.5 Å². The van der Waals surface area contributed by atoms with Crippen LogP contribution in [0.4, 0.5) is 0 Å². The molecule has 1 aliphatic rings. The molecule has 0 bridgehead atoms. The Balaban J connectivity index is 2.08. The highest BCUT2D eigenvalue weighted by Crippen LogP contribution is 2.30. The van der Waals surface area contributed by atoms with Crippen LogP contribution in [-0.4, -0.2) is 71.5 Å². The van der Waals surface area contributed by atoms with Gasteiger partial charge in [0, 0.05) is 31.4 Å². The molecule has 0 unspecified atom stereocenters. The minimum atomic E-state index is -1.38. The second-order valence-corrected chi connectivity index (χ2v) is 7.97. The molecule has 0 spiro atoms. The Morgan fingerprint density at radius 3 is 2.58 bits per heavy atom. The Hall–Kier alpha value is -2.18. The van der Waals surface area contributed by atoms with E-state index in [1.165, 1.54) is 11.6 Å². The third kappa shape index (κ3) is 5.01. The minimum Gasteiger partial charge on any atom is -0.394 e. The van der Waals surface area contributed by atoms with Crippen LogP contribution in [0.5, 0.6) is 0 Å². The van der Waals surface area contributed by atoms with Crippen molar-refractivity contribution < 1.29 is 24.9 Å². The Bertz CT molecular complexity index is 934. The SMILES string of the molecule is CCCCCn1c(-c2ccncc2)nn([C@H]2O[C@@H](CO)[C@@H](O)[C@@H](O)[C@@H]2NC(C)=O)c1=S. The first-order valence-corrected chi connectivity index (χ1v) is 10.8. The number of pyridine rings is 1. The molecule has 1 saturated heterocycles. The van der Waals surface area contributed by atoms with Crippen molar-refractivity contribution in [3.63, 3.8) is 0 Å². The van der Waals surface area contributed by atoms with E-state index in [2.05, 4.69) is 22.3 Å². The highest BCUT2D eigenvalue weighted by Gasteiger charge is 2.46. The van der Waals surface area contributed by atoms with E-state index in [1.807, 2.05) is 16.7 Å². The molecule has 0 aliphatic carbocycles. The summed E-state index contributed by atoms with van der Waals surface area (Å²) in [7, 11) is 0. The summed E-state index contributed by atoms with van der Waals surface area (Å²) in [5.41, 5.74) is 0.808. The number of ether oxygens (including phenoxy) is 1. The fourth-order valence-corrected chi connectivity index (χ4v) is 4.03. The van der Waals surface area contributed by atoms with E-state index < -0.39 is 43.1 Å². The van der Waals surface area contributed by atoms with Crippen LogP contribution in [-0.2, 0) is 16.1 Å². The third-order valence-corrected chi connectivity index (χ3v) is 5.73. The second-order valence-electron chi connectivity index (χ2n) is 7.60. The summed E-state index contributed by atoms with van der Waals surface area (Å²) in [6.45, 7) is 3.54. The molecule has 31 heavy (non-hydrogen) atoms. The monoisotopic (exact) mass is 451 g/mol. The summed E-state index contributed by atoms with van der Waals surface area (Å²) in [4.78, 5) is 15.8. The molecule has 2 aromatic heterocycles. The molecule has 0 saturated carbocycles. The van der Waals surface area contributed by atoms with Gasteiger partial charge in [0.2, 0.25) is 10.7 Å². The lowest BCUT2D eigenvalue weighted by Crippen LogP contribution is -2.62. The zero-order valence-corrected chi connectivity index (χ0v) is 18.4. The summed E-state index contributed by atoms with van der Waals surface area (Å²) in [5.74, 6) is 0.199. The van der Waals surface area contributed by atoms with Crippen LogP contribution in [0.2, 0.25) is 0 Å². The van der Waals surface area contributed by atoms with Gasteiger partial charge in [-0.2, -0.15) is 0 Å². The molecule has 170 valence electrons. The molecule has 11 heteroatoms. The Kier molecular flexibility index (Phi) is 7.89. The first-order valence-electron chi connectivity index (χ1n) is 10.4. The normalized spacial score (nSPS) is 26.0. The average molecular weight is 452 g/mol. The fraction of sp³-hybridized carbons (Fsp3) is 0.600. The van der Waals surface area contributed by atoms with Crippen LogP contribution < -0.4 is 5.32 Å². The second kappa shape index (κ2) is 10.4. The number of hydrogen-bond acceptors (Lipinski definition) is 8. The molecule has 4 N–H and O–H groups in total. The Morgan fingerprint density at radius 2 is 1.97 bits per heavy atom. The molecule has 3 heterocycles. The smallest absolute Gasteiger partial charge is 0.217 e. The molecule has 1 aliphatic heterocycles. The van der Waals surface area contributed by atoms with Gasteiger partial charge in [-0.15, -0.1) is 5.10 Å². The summed E-state index contributed by atoms with van der Waals surface area (Å²) < 4.78 is 9.53. The van der Waals surface area contributed by atoms with Crippen molar-refractivity contribution >= 4 is 18.1 Å². The standard InChI is InChI=1S/C20H29N5O5S/c1-3-4-5-10-24-18(13-6-8-21-9-7-13)23-25(20(24)31)19-15(22-12(2)27)17(29)16(28)14(11-26)30-19/h6-9,14-17,19,26,28-29H,3-5,10-11H2,1-2H3,(H,22,27)/t14-,15-,16+,17-,19-/m0/s1. The van der Waals surface area contributed by atoms with Gasteiger partial charge < -0.3 is 25.4 Å². The summed E-state index contributed by atoms with van der Waals surface area (Å²) in [5, 5.41) is 37.8. The molecule has 3 rings (SSSR count). The zero-order chi connectivity index (χ0) is 22.5. The minimum absolute atomic E-state index is 0.351. The van der Waals surface area contributed by atoms with Gasteiger partial charge in [0.15, 0.2) is 12.1 Å². The highest BCUT2D eigenvalue weighted by molar-refractivity contribution is 7.71. The van der Waals surface area contributed by atoms with E-state index in [4.69, 9.17) is 17.0 Å². The molecule has 1 fully saturated rings. The van der Waals surface area contributed by atoms with Gasteiger partial charge in [0.1, 0.15) is 24.4 Å². The predicted octanol–water partition coefficient (Wildman–Crippen LogP) is 0.782. The quantitative estimate of drug-likeness (QED) is 0.342. The van der Waals surface area contributed by atoms with Crippen LogP contribution in [0.1, 0.15) is 39.3 Å². The van der Waals surface area contributed by atoms with Crippen molar-refractivity contribution in [3.05, 3.63) is 29.3 Å². The van der Waals surface area contributed by atoms with Crippen molar-refractivity contribution in [2.45, 2.75) is 70.2 Å². The molecule has 5 atom stereocenters. The number of carbonyl (C=O) groups excluding carboxylic acids is 1. The number of aliphatic hydroxyl groups is 3. The van der Waals surface area contributed by atoms with Crippen molar-refractivity contribution in [2.75, 3.05) is 6.61 Å². The van der Waals surface area contributed by atoms with Crippen LogP contribution in [0.3, 0.4) is 0 Å². The van der Waals surface area contributed by atoms with Crippen molar-refractivity contribution in [2.24, 2.45) is 0 Å². The van der Waals surface area contributed by atoms with Crippen LogP contribution in [0.25, 0.3) is 11.4 Å². The Labute approximate surface area is 185 Å². The van der Waals surface area contributed by atoms with Crippen molar-refractivity contribution in [3.8, 4) is 11.4 Å². The summed E-state index contributed by atoms with van der Waals surface area (Å²) in [6, 6.07) is 2.63. The molecule has 2 aromatic rings. The number of nitrogens with zero attached hydrogens (tertiary/aromatic N) is 4. The molecule has 10 nitrogen and oxygen atoms in total. The van der Waals surface area contributed by atoms with Crippen LogP contribution >= 0.6 is 12.2 Å². The van der Waals surface area contributed by atoms with E-state index in [-0.39, 0.29) is 0 Å². The summed E-state index contributed by atoms with van der Waals surface area (Å²) in [6.07, 6.45) is 1.46. The van der Waals surface area contributed by atoms with Gasteiger partial charge in [0.25, 0.3) is 0 Å². The number of hydrogen-bond donors (Lipinski definition) is 4. The first-order chi connectivity index (χ1) is 14.9. The molecule has 0 aromatic carbocycles. The molecule has 0 radical (unpaired) electrons. The predicted molar refractivity (Wildman–Crippen MR) is 114 cm³/mol. The zero-order valence-electron chi connectivity index (χ0n) is 17.6. The number of aromatic nitrogens is 4. The maximum atomic E-state index is 11.8. The van der Waals surface area contributed by atoms with Gasteiger partial charge in [-0.1, -0.05) is 19.8 Å². The third-order valence-electron chi connectivity index (χ3n) is 5.32. The summed E-state index contributed by atoms with van der Waals surface area (Å²) >= 11 is 5.70. The van der Waals surface area contributed by atoms with Gasteiger partial charge in [-0.05, 0) is 30.8 Å². The average Bonchev–Trinajstić information content (AvgIpc) is 3.08. The number of amides is 1. The van der Waals surface area contributed by atoms with E-state index in [9.17, 15) is 20.1 Å². The van der Waals surface area contributed by atoms with Crippen molar-refractivity contribution in [1.29, 1.82) is 0 Å². The maximum absolute atomic E-state index is 11.8. The van der Waals surface area contributed by atoms with E-state index in [0.29, 0.717) is 17.1 Å². The first kappa shape index (κ1) is 23.5. The number of aliphatic hydroxyl groups excluding tert-OH is 3. The van der Waals surface area contributed by atoms with Crippen LogP contribution in [0, 0.1) is 4.77 Å². The number of rotatable bonds is 8. The number of nitrogens with one attached hydrogen (secondary N) is 1. The van der Waals surface area contributed by atoms with Gasteiger partial charge >= 0.3 is 0 Å². The van der Waals surface area contributed by atoms with E-state index in [1.54, 1.807) is 12.4 Å². The van der Waals surface area contributed by atoms with E-state index in [0.717, 1.165) is 24.8 Å². The topological polar surface area (TPSA) is 135 Å². The lowest BCUT2D eigenvalue weighted by Gasteiger charge is -2.42. The van der Waals surface area contributed by atoms with E-state index >= 15 is 0 Å². The Morgan fingerprint density at radius 1 is 1.26 bits per heavy atom. The van der Waals surface area contributed by atoms with Crippen molar-refractivity contribution in [1.82, 2.24) is 24.6 Å². The largest absolute Gasteiger partial charge is 0.394 e. The van der Waals surface area contributed by atoms with Gasteiger partial charge in [-0.25, -0.2) is 4.68 Å². The molecule has 1 amide bonds. The lowest BCUT2D eigenvalue weighted by molar-refractivity contribution is -0.219. The van der Waals surface area contributed by atoms with Gasteiger partial charge in [0.05, 0.1) is 6.61 Å². The maximum Gasteiger partial charge on any atom is 0.217 e. The number of unbranched alkanes of at least 4 members (excludes halogenated alkanes) is 2. The number of carbonyl (C=O) groups is 1. The molecular weight excluding hydrogens is 422 g/mol. The fourth-order valence-electron chi connectivity index (χ4n) is 3.71. The highest BCUT2D eigenvalue weighted by atomic mass is 32.1. The lowest BCUT2D eigenvalue weighted by atomic mass is 9.96. The molecular formula is C20H29N5O5S. The van der Waals surface area contributed by atoms with Gasteiger partial charge in [-0.3, -0.25) is 14.3 Å².